The van der Waals surface area contributed by atoms with Gasteiger partial charge in [0.15, 0.2) is 5.69 Å². The van der Waals surface area contributed by atoms with E-state index in [0.29, 0.717) is 24.6 Å². The maximum atomic E-state index is 11.9. The van der Waals surface area contributed by atoms with E-state index in [-0.39, 0.29) is 12.0 Å². The normalized spacial score (nSPS) is 20.1. The Morgan fingerprint density at radius 3 is 2.94 bits per heavy atom. The Labute approximate surface area is 93.4 Å². The zero-order valence-electron chi connectivity index (χ0n) is 9.09. The number of carbonyl (C=O) groups excluding carboxylic acids is 1. The van der Waals surface area contributed by atoms with Crippen LogP contribution in [0.2, 0.25) is 0 Å². The summed E-state index contributed by atoms with van der Waals surface area (Å²) in [5.41, 5.74) is 5.73. The molecule has 1 aromatic rings. The molecule has 0 saturated carbocycles. The molecular weight excluding hydrogens is 208 g/mol. The number of carbonyl (C=O) groups is 1. The summed E-state index contributed by atoms with van der Waals surface area (Å²) in [5, 5.41) is 7.43. The third kappa shape index (κ3) is 2.11. The lowest BCUT2D eigenvalue weighted by molar-refractivity contribution is 0.0718. The largest absolute Gasteiger partial charge is 0.382 e. The van der Waals surface area contributed by atoms with Crippen molar-refractivity contribution in [2.24, 2.45) is 0 Å². The van der Waals surface area contributed by atoms with Crippen LogP contribution in [-0.2, 0) is 4.74 Å². The van der Waals surface area contributed by atoms with Crippen molar-refractivity contribution in [2.45, 2.75) is 12.5 Å². The minimum atomic E-state index is -0.118. The summed E-state index contributed by atoms with van der Waals surface area (Å²) in [7, 11) is 1.65. The Morgan fingerprint density at radius 1 is 1.56 bits per heavy atom. The van der Waals surface area contributed by atoms with Gasteiger partial charge in [-0.2, -0.15) is 0 Å². The highest BCUT2D eigenvalue weighted by molar-refractivity contribution is 5.92. The van der Waals surface area contributed by atoms with Gasteiger partial charge in [-0.05, 0) is 18.6 Å². The molecule has 1 aliphatic rings. The lowest BCUT2D eigenvalue weighted by atomic mass is 10.3. The molecule has 2 rings (SSSR count). The Hall–Kier alpha value is -1.69. The highest BCUT2D eigenvalue weighted by atomic mass is 16.5. The van der Waals surface area contributed by atoms with Crippen molar-refractivity contribution in [3.05, 3.63) is 17.8 Å². The first-order valence-electron chi connectivity index (χ1n) is 5.12. The zero-order chi connectivity index (χ0) is 11.5. The van der Waals surface area contributed by atoms with Crippen LogP contribution < -0.4 is 5.73 Å². The van der Waals surface area contributed by atoms with Gasteiger partial charge in [-0.25, -0.2) is 0 Å². The minimum absolute atomic E-state index is 0.118. The second-order valence-electron chi connectivity index (χ2n) is 3.74. The molecule has 1 atom stereocenters. The van der Waals surface area contributed by atoms with Gasteiger partial charge in [0.1, 0.15) is 5.82 Å². The van der Waals surface area contributed by atoms with Crippen LogP contribution in [0.3, 0.4) is 0 Å². The Bertz CT molecular complexity index is 379. The van der Waals surface area contributed by atoms with Gasteiger partial charge in [-0.1, -0.05) is 0 Å². The lowest BCUT2D eigenvalue weighted by Crippen LogP contribution is -2.30. The summed E-state index contributed by atoms with van der Waals surface area (Å²) in [4.78, 5) is 13.7. The van der Waals surface area contributed by atoms with Crippen LogP contribution in [0, 0.1) is 0 Å². The SMILES string of the molecule is COC1CCN(C(=O)c2ccc(N)nn2)C1. The fourth-order valence-electron chi connectivity index (χ4n) is 1.72. The monoisotopic (exact) mass is 222 g/mol. The first-order chi connectivity index (χ1) is 7.70. The third-order valence-electron chi connectivity index (χ3n) is 2.67. The van der Waals surface area contributed by atoms with Crippen molar-refractivity contribution in [3.63, 3.8) is 0 Å². The first-order valence-corrected chi connectivity index (χ1v) is 5.12. The standard InChI is InChI=1S/C10H14N4O2/c1-16-7-4-5-14(6-7)10(15)8-2-3-9(11)13-12-8/h2-3,7H,4-6H2,1H3,(H2,11,13). The minimum Gasteiger partial charge on any atom is -0.382 e. The Morgan fingerprint density at radius 2 is 2.38 bits per heavy atom. The summed E-state index contributed by atoms with van der Waals surface area (Å²) >= 11 is 0. The number of nitrogens with two attached hydrogens (primary N) is 1. The topological polar surface area (TPSA) is 81.3 Å². The summed E-state index contributed by atoms with van der Waals surface area (Å²) in [6, 6.07) is 3.16. The molecule has 1 fully saturated rings. The van der Waals surface area contributed by atoms with Crippen LogP contribution in [0.1, 0.15) is 16.9 Å². The fourth-order valence-corrected chi connectivity index (χ4v) is 1.72. The average molecular weight is 222 g/mol. The number of hydrogen-bond acceptors (Lipinski definition) is 5. The molecular formula is C10H14N4O2. The summed E-state index contributed by atoms with van der Waals surface area (Å²) < 4.78 is 5.20. The van der Waals surface area contributed by atoms with Gasteiger partial charge < -0.3 is 15.4 Å². The van der Waals surface area contributed by atoms with Gasteiger partial charge in [0, 0.05) is 20.2 Å². The number of nitrogens with zero attached hydrogens (tertiary/aromatic N) is 3. The number of rotatable bonds is 2. The van der Waals surface area contributed by atoms with Crippen molar-refractivity contribution >= 4 is 11.7 Å². The highest BCUT2D eigenvalue weighted by Gasteiger charge is 2.27. The van der Waals surface area contributed by atoms with E-state index in [1.54, 1.807) is 24.1 Å². The van der Waals surface area contributed by atoms with Crippen LogP contribution in [0.25, 0.3) is 0 Å². The molecule has 1 aromatic heterocycles. The molecule has 0 spiro atoms. The van der Waals surface area contributed by atoms with E-state index in [0.717, 1.165) is 6.42 Å². The van der Waals surface area contributed by atoms with Gasteiger partial charge in [0.2, 0.25) is 0 Å². The van der Waals surface area contributed by atoms with Crippen molar-refractivity contribution in [1.82, 2.24) is 15.1 Å². The maximum absolute atomic E-state index is 11.9. The van der Waals surface area contributed by atoms with Crippen LogP contribution >= 0.6 is 0 Å². The highest BCUT2D eigenvalue weighted by Crippen LogP contribution is 2.14. The smallest absolute Gasteiger partial charge is 0.274 e. The van der Waals surface area contributed by atoms with E-state index < -0.39 is 0 Å². The summed E-state index contributed by atoms with van der Waals surface area (Å²) in [6.45, 7) is 1.31. The van der Waals surface area contributed by atoms with Crippen molar-refractivity contribution in [2.75, 3.05) is 25.9 Å². The molecule has 6 nitrogen and oxygen atoms in total. The van der Waals surface area contributed by atoms with Gasteiger partial charge >= 0.3 is 0 Å². The van der Waals surface area contributed by atoms with Gasteiger partial charge in [-0.3, -0.25) is 4.79 Å². The molecule has 16 heavy (non-hydrogen) atoms. The third-order valence-corrected chi connectivity index (χ3v) is 2.67. The Kier molecular flexibility index (Phi) is 3.00. The fraction of sp³-hybridized carbons (Fsp3) is 0.500. The van der Waals surface area contributed by atoms with Crippen LogP contribution in [0.5, 0.6) is 0 Å². The quantitative estimate of drug-likeness (QED) is 0.756. The van der Waals surface area contributed by atoms with Crippen molar-refractivity contribution in [1.29, 1.82) is 0 Å². The number of anilines is 1. The van der Waals surface area contributed by atoms with Crippen LogP contribution in [0.15, 0.2) is 12.1 Å². The predicted octanol–water partition coefficient (Wildman–Crippen LogP) is -0.0803. The summed E-state index contributed by atoms with van der Waals surface area (Å²) in [6.07, 6.45) is 0.996. The van der Waals surface area contributed by atoms with Crippen LogP contribution in [0.4, 0.5) is 5.82 Å². The van der Waals surface area contributed by atoms with E-state index in [4.69, 9.17) is 10.5 Å². The van der Waals surface area contributed by atoms with E-state index >= 15 is 0 Å². The predicted molar refractivity (Wildman–Crippen MR) is 57.8 cm³/mol. The number of likely N-dealkylation sites (tertiary alicyclic amines) is 1. The molecule has 0 aliphatic carbocycles. The molecule has 86 valence electrons. The lowest BCUT2D eigenvalue weighted by Gasteiger charge is -2.14. The zero-order valence-corrected chi connectivity index (χ0v) is 9.09. The molecule has 1 amide bonds. The molecule has 1 aliphatic heterocycles. The molecule has 2 N–H and O–H groups in total. The van der Waals surface area contributed by atoms with Crippen LogP contribution in [-0.4, -0.2) is 47.3 Å². The van der Waals surface area contributed by atoms with E-state index in [2.05, 4.69) is 10.2 Å². The average Bonchev–Trinajstić information content (AvgIpc) is 2.77. The number of nitrogen functional groups attached to an aromatic ring is 1. The molecule has 1 unspecified atom stereocenters. The molecule has 0 radical (unpaired) electrons. The number of amides is 1. The van der Waals surface area contributed by atoms with Crippen molar-refractivity contribution in [3.8, 4) is 0 Å². The van der Waals surface area contributed by atoms with Gasteiger partial charge in [0.25, 0.3) is 5.91 Å². The molecule has 0 bridgehead atoms. The van der Waals surface area contributed by atoms with Gasteiger partial charge in [0.05, 0.1) is 6.10 Å². The van der Waals surface area contributed by atoms with E-state index in [1.165, 1.54) is 0 Å². The summed E-state index contributed by atoms with van der Waals surface area (Å²) in [5.74, 6) is 0.194. The molecule has 2 heterocycles. The molecule has 1 saturated heterocycles. The van der Waals surface area contributed by atoms with Gasteiger partial charge in [-0.15, -0.1) is 10.2 Å². The van der Waals surface area contributed by atoms with E-state index in [9.17, 15) is 4.79 Å². The number of ether oxygens (including phenoxy) is 1. The Balaban J connectivity index is 2.05. The second-order valence-corrected chi connectivity index (χ2v) is 3.74. The number of hydrogen-bond donors (Lipinski definition) is 1. The van der Waals surface area contributed by atoms with E-state index in [1.807, 2.05) is 0 Å². The molecule has 6 heteroatoms. The maximum Gasteiger partial charge on any atom is 0.274 e. The number of methoxy groups -OCH3 is 1. The number of aromatic nitrogens is 2. The van der Waals surface area contributed by atoms with Crippen molar-refractivity contribution < 1.29 is 9.53 Å². The second kappa shape index (κ2) is 4.44. The molecule has 0 aromatic carbocycles. The first kappa shape index (κ1) is 10.8.